The molecule has 0 aliphatic heterocycles. The molecule has 1 aliphatic carbocycles. The summed E-state index contributed by atoms with van der Waals surface area (Å²) in [6.45, 7) is 7.28. The number of hydrogen-bond acceptors (Lipinski definition) is 3. The lowest BCUT2D eigenvalue weighted by molar-refractivity contribution is 0.319. The number of hydrogen-bond donors (Lipinski definition) is 2. The van der Waals surface area contributed by atoms with Crippen molar-refractivity contribution < 1.29 is 4.74 Å². The Morgan fingerprint density at radius 3 is 2.72 bits per heavy atom. The van der Waals surface area contributed by atoms with Gasteiger partial charge in [0.05, 0.1) is 18.0 Å². The van der Waals surface area contributed by atoms with E-state index in [0.717, 1.165) is 29.5 Å². The number of nitrogens with one attached hydrogen (secondary N) is 1. The van der Waals surface area contributed by atoms with Gasteiger partial charge in [-0.1, -0.05) is 13.0 Å². The molecule has 2 rings (SSSR count). The predicted octanol–water partition coefficient (Wildman–Crippen LogP) is 3.66. The summed E-state index contributed by atoms with van der Waals surface area (Å²) >= 11 is 0. The van der Waals surface area contributed by atoms with E-state index in [9.17, 15) is 0 Å². The first-order valence-electron chi connectivity index (χ1n) is 6.84. The van der Waals surface area contributed by atoms with E-state index in [0.29, 0.717) is 6.61 Å². The Morgan fingerprint density at radius 1 is 1.39 bits per heavy atom. The van der Waals surface area contributed by atoms with Gasteiger partial charge in [0.25, 0.3) is 0 Å². The summed E-state index contributed by atoms with van der Waals surface area (Å²) in [4.78, 5) is 0. The molecule has 0 aromatic heterocycles. The maximum absolute atomic E-state index is 6.16. The molecule has 0 radical (unpaired) electrons. The minimum absolute atomic E-state index is 0.109. The van der Waals surface area contributed by atoms with Crippen LogP contribution in [0, 0.1) is 5.92 Å². The fourth-order valence-corrected chi connectivity index (χ4v) is 2.25. The second kappa shape index (κ2) is 5.09. The zero-order valence-electron chi connectivity index (χ0n) is 11.6. The first-order valence-corrected chi connectivity index (χ1v) is 6.84. The predicted molar refractivity (Wildman–Crippen MR) is 77.1 cm³/mol. The summed E-state index contributed by atoms with van der Waals surface area (Å²) in [7, 11) is 0. The third kappa shape index (κ3) is 2.89. The van der Waals surface area contributed by atoms with Crippen molar-refractivity contribution in [2.45, 2.75) is 45.6 Å². The summed E-state index contributed by atoms with van der Waals surface area (Å²) < 4.78 is 5.65. The van der Waals surface area contributed by atoms with E-state index in [4.69, 9.17) is 10.5 Å². The lowest BCUT2D eigenvalue weighted by Crippen LogP contribution is -2.33. The lowest BCUT2D eigenvalue weighted by Gasteiger charge is -2.28. The monoisotopic (exact) mass is 248 g/mol. The van der Waals surface area contributed by atoms with E-state index in [1.807, 2.05) is 18.2 Å². The smallest absolute Gasteiger partial charge is 0.144 e. The van der Waals surface area contributed by atoms with Crippen LogP contribution in [0.5, 0.6) is 5.75 Å². The molecule has 0 saturated heterocycles. The highest BCUT2D eigenvalue weighted by molar-refractivity contribution is 5.73. The minimum Gasteiger partial charge on any atom is -0.491 e. The van der Waals surface area contributed by atoms with Crippen molar-refractivity contribution in [3.63, 3.8) is 0 Å². The molecule has 0 amide bonds. The molecule has 1 fully saturated rings. The van der Waals surface area contributed by atoms with Crippen molar-refractivity contribution in [3.8, 4) is 5.75 Å². The Bertz CT molecular complexity index is 411. The highest BCUT2D eigenvalue weighted by Crippen LogP contribution is 2.42. The third-order valence-corrected chi connectivity index (χ3v) is 3.58. The molecule has 1 aromatic carbocycles. The number of benzene rings is 1. The maximum atomic E-state index is 6.16. The van der Waals surface area contributed by atoms with Crippen molar-refractivity contribution >= 4 is 11.4 Å². The van der Waals surface area contributed by atoms with Crippen LogP contribution in [0.1, 0.15) is 40.0 Å². The zero-order chi connectivity index (χ0) is 13.2. The Morgan fingerprint density at radius 2 is 2.11 bits per heavy atom. The van der Waals surface area contributed by atoms with E-state index < -0.39 is 0 Å². The summed E-state index contributed by atoms with van der Waals surface area (Å²) in [6.07, 6.45) is 3.61. The quantitative estimate of drug-likeness (QED) is 0.755. The van der Waals surface area contributed by atoms with Crippen molar-refractivity contribution in [2.24, 2.45) is 5.92 Å². The number of rotatable bonds is 6. The van der Waals surface area contributed by atoms with Crippen LogP contribution in [0.2, 0.25) is 0 Å². The molecule has 0 spiro atoms. The van der Waals surface area contributed by atoms with Crippen LogP contribution in [-0.2, 0) is 0 Å². The van der Waals surface area contributed by atoms with E-state index in [-0.39, 0.29) is 5.54 Å². The topological polar surface area (TPSA) is 47.3 Å². The van der Waals surface area contributed by atoms with Crippen molar-refractivity contribution in [2.75, 3.05) is 17.7 Å². The second-order valence-corrected chi connectivity index (χ2v) is 5.69. The number of nitrogen functional groups attached to an aromatic ring is 1. The highest BCUT2D eigenvalue weighted by Gasteiger charge is 2.37. The molecule has 0 atom stereocenters. The van der Waals surface area contributed by atoms with Gasteiger partial charge < -0.3 is 15.8 Å². The average molecular weight is 248 g/mol. The van der Waals surface area contributed by atoms with Gasteiger partial charge in [-0.05, 0) is 51.2 Å². The number of ether oxygens (including phenoxy) is 1. The third-order valence-electron chi connectivity index (χ3n) is 3.58. The van der Waals surface area contributed by atoms with Crippen molar-refractivity contribution in [1.82, 2.24) is 0 Å². The van der Waals surface area contributed by atoms with Crippen molar-refractivity contribution in [3.05, 3.63) is 18.2 Å². The van der Waals surface area contributed by atoms with Gasteiger partial charge in [-0.2, -0.15) is 0 Å². The first-order chi connectivity index (χ1) is 8.54. The number of nitrogens with two attached hydrogens (primary N) is 1. The van der Waals surface area contributed by atoms with Gasteiger partial charge in [-0.15, -0.1) is 0 Å². The van der Waals surface area contributed by atoms with Gasteiger partial charge in [0.1, 0.15) is 5.75 Å². The van der Waals surface area contributed by atoms with Gasteiger partial charge in [-0.25, -0.2) is 0 Å². The van der Waals surface area contributed by atoms with Crippen LogP contribution in [0.3, 0.4) is 0 Å². The van der Waals surface area contributed by atoms with Crippen LogP contribution in [0.15, 0.2) is 18.2 Å². The molecule has 1 aliphatic rings. The summed E-state index contributed by atoms with van der Waals surface area (Å²) in [5, 5.41) is 3.56. The van der Waals surface area contributed by atoms with Gasteiger partial charge in [-0.3, -0.25) is 0 Å². The molecule has 3 nitrogen and oxygen atoms in total. The molecule has 0 heterocycles. The molecule has 1 aromatic rings. The van der Waals surface area contributed by atoms with Crippen LogP contribution in [-0.4, -0.2) is 12.1 Å². The second-order valence-electron chi connectivity index (χ2n) is 5.69. The normalized spacial score (nSPS) is 15.5. The average Bonchev–Trinajstić information content (AvgIpc) is 3.14. The van der Waals surface area contributed by atoms with Crippen molar-refractivity contribution in [1.29, 1.82) is 0 Å². The Hall–Kier alpha value is -1.38. The number of anilines is 2. The Kier molecular flexibility index (Phi) is 3.69. The zero-order valence-corrected chi connectivity index (χ0v) is 11.6. The lowest BCUT2D eigenvalue weighted by atomic mass is 9.98. The van der Waals surface area contributed by atoms with E-state index >= 15 is 0 Å². The first kappa shape index (κ1) is 13.1. The van der Waals surface area contributed by atoms with Gasteiger partial charge >= 0.3 is 0 Å². The van der Waals surface area contributed by atoms with Crippen LogP contribution >= 0.6 is 0 Å². The molecule has 1 saturated carbocycles. The minimum atomic E-state index is 0.109. The standard InChI is InChI=1S/C15H24N2O/c1-4-10-18-13-7-5-6-12(14(13)16)17-15(2,3)11-8-9-11/h5-7,11,17H,4,8-10,16H2,1-3H3. The fraction of sp³-hybridized carbons (Fsp3) is 0.600. The van der Waals surface area contributed by atoms with Gasteiger partial charge in [0.15, 0.2) is 0 Å². The van der Waals surface area contributed by atoms with Crippen LogP contribution in [0.4, 0.5) is 11.4 Å². The van der Waals surface area contributed by atoms with E-state index in [1.165, 1.54) is 12.8 Å². The molecular weight excluding hydrogens is 224 g/mol. The molecule has 3 heteroatoms. The van der Waals surface area contributed by atoms with E-state index in [2.05, 4.69) is 26.1 Å². The summed E-state index contributed by atoms with van der Waals surface area (Å²) in [6, 6.07) is 5.95. The molecule has 0 unspecified atom stereocenters. The summed E-state index contributed by atoms with van der Waals surface area (Å²) in [5.74, 6) is 1.55. The van der Waals surface area contributed by atoms with Gasteiger partial charge in [0, 0.05) is 5.54 Å². The van der Waals surface area contributed by atoms with Crippen LogP contribution in [0.25, 0.3) is 0 Å². The highest BCUT2D eigenvalue weighted by atomic mass is 16.5. The molecular formula is C15H24N2O. The van der Waals surface area contributed by atoms with E-state index in [1.54, 1.807) is 0 Å². The maximum Gasteiger partial charge on any atom is 0.144 e. The van der Waals surface area contributed by atoms with Crippen LogP contribution < -0.4 is 15.8 Å². The summed E-state index contributed by atoms with van der Waals surface area (Å²) in [5.41, 5.74) is 7.98. The Balaban J connectivity index is 2.12. The number of para-hydroxylation sites is 1. The molecule has 18 heavy (non-hydrogen) atoms. The SMILES string of the molecule is CCCOc1cccc(NC(C)(C)C2CC2)c1N. The van der Waals surface area contributed by atoms with Gasteiger partial charge in [0.2, 0.25) is 0 Å². The molecule has 100 valence electrons. The molecule has 0 bridgehead atoms. The fourth-order valence-electron chi connectivity index (χ4n) is 2.25. The molecule has 3 N–H and O–H groups in total. The largest absolute Gasteiger partial charge is 0.491 e. The Labute approximate surface area is 110 Å².